The lowest BCUT2D eigenvalue weighted by atomic mass is 9.91. The van der Waals surface area contributed by atoms with Gasteiger partial charge in [-0.2, -0.15) is 0 Å². The number of benzene rings is 2. The third kappa shape index (κ3) is 3.00. The zero-order valence-electron chi connectivity index (χ0n) is 16.3. The van der Waals surface area contributed by atoms with Crippen LogP contribution >= 0.6 is 0 Å². The van der Waals surface area contributed by atoms with Gasteiger partial charge in [-0.05, 0) is 30.7 Å². The Labute approximate surface area is 170 Å². The van der Waals surface area contributed by atoms with Crippen molar-refractivity contribution in [1.29, 1.82) is 0 Å². The minimum atomic E-state index is -3.72. The maximum atomic E-state index is 13.5. The first kappa shape index (κ1) is 18.8. The number of nitrogens with one attached hydrogen (secondary N) is 1. The first-order valence-corrected chi connectivity index (χ1v) is 11.4. The molecule has 2 fully saturated rings. The Hall–Kier alpha value is -2.19. The molecular formula is C22H24N2O4S. The quantitative estimate of drug-likeness (QED) is 0.714. The van der Waals surface area contributed by atoms with E-state index in [9.17, 15) is 8.42 Å². The molecule has 2 saturated heterocycles. The van der Waals surface area contributed by atoms with Crippen molar-refractivity contribution >= 4 is 20.9 Å². The molecule has 1 aromatic heterocycles. The lowest BCUT2D eigenvalue weighted by molar-refractivity contribution is -0.180. The van der Waals surface area contributed by atoms with E-state index in [1.807, 2.05) is 37.3 Å². The molecule has 2 aliphatic heterocycles. The standard InChI is InChI=1S/C22H24N2O4S/c1-16-21(19-15-22(11-12-23-19)27-13-14-28-22)18-9-5-6-10-20(18)24(16)29(25,26)17-7-3-2-4-8-17/h2-10,19,23H,11-15H2,1H3. The molecule has 0 saturated carbocycles. The van der Waals surface area contributed by atoms with Crippen LogP contribution in [0.1, 0.15) is 30.1 Å². The number of nitrogens with zero attached hydrogens (tertiary/aromatic N) is 1. The number of hydrogen-bond acceptors (Lipinski definition) is 5. The summed E-state index contributed by atoms with van der Waals surface area (Å²) in [5.74, 6) is -0.566. The molecule has 2 aromatic carbocycles. The monoisotopic (exact) mass is 412 g/mol. The second kappa shape index (κ2) is 6.95. The van der Waals surface area contributed by atoms with E-state index in [4.69, 9.17) is 9.47 Å². The van der Waals surface area contributed by atoms with Gasteiger partial charge in [-0.3, -0.25) is 0 Å². The Kier molecular flexibility index (Phi) is 4.51. The van der Waals surface area contributed by atoms with E-state index in [-0.39, 0.29) is 10.9 Å². The number of ether oxygens (including phenoxy) is 2. The summed E-state index contributed by atoms with van der Waals surface area (Å²) < 4.78 is 40.4. The molecule has 3 heterocycles. The van der Waals surface area contributed by atoms with Crippen LogP contribution in [0.15, 0.2) is 59.5 Å². The average molecular weight is 413 g/mol. The van der Waals surface area contributed by atoms with Gasteiger partial charge in [0.25, 0.3) is 10.0 Å². The third-order valence-electron chi connectivity index (χ3n) is 5.96. The van der Waals surface area contributed by atoms with Gasteiger partial charge in [0.2, 0.25) is 0 Å². The van der Waals surface area contributed by atoms with Gasteiger partial charge in [0.05, 0.1) is 23.6 Å². The van der Waals surface area contributed by atoms with Crippen LogP contribution in [0.2, 0.25) is 0 Å². The van der Waals surface area contributed by atoms with Crippen LogP contribution in [0.4, 0.5) is 0 Å². The topological polar surface area (TPSA) is 69.6 Å². The second-order valence-corrected chi connectivity index (χ2v) is 9.45. The highest BCUT2D eigenvalue weighted by Gasteiger charge is 2.43. The van der Waals surface area contributed by atoms with E-state index in [0.29, 0.717) is 25.2 Å². The maximum absolute atomic E-state index is 13.5. The van der Waals surface area contributed by atoms with Crippen LogP contribution in [0.5, 0.6) is 0 Å². The van der Waals surface area contributed by atoms with Crippen molar-refractivity contribution in [3.63, 3.8) is 0 Å². The highest BCUT2D eigenvalue weighted by Crippen LogP contribution is 2.41. The largest absolute Gasteiger partial charge is 0.347 e. The highest BCUT2D eigenvalue weighted by molar-refractivity contribution is 7.90. The average Bonchev–Trinajstić information content (AvgIpc) is 3.30. The highest BCUT2D eigenvalue weighted by atomic mass is 32.2. The molecule has 0 radical (unpaired) electrons. The van der Waals surface area contributed by atoms with E-state index in [1.54, 1.807) is 24.3 Å². The third-order valence-corrected chi connectivity index (χ3v) is 7.78. The van der Waals surface area contributed by atoms with Gasteiger partial charge in [-0.1, -0.05) is 36.4 Å². The predicted octanol–water partition coefficient (Wildman–Crippen LogP) is 3.35. The van der Waals surface area contributed by atoms with Gasteiger partial charge >= 0.3 is 0 Å². The smallest absolute Gasteiger partial charge is 0.268 e. The Morgan fingerprint density at radius 1 is 1.03 bits per heavy atom. The van der Waals surface area contributed by atoms with Crippen LogP contribution in [0.3, 0.4) is 0 Å². The molecule has 5 rings (SSSR count). The fourth-order valence-corrected chi connectivity index (χ4v) is 6.29. The Bertz CT molecular complexity index is 1150. The van der Waals surface area contributed by atoms with Gasteiger partial charge in [0.15, 0.2) is 5.79 Å². The number of rotatable bonds is 3. The number of piperidine rings is 1. The van der Waals surface area contributed by atoms with E-state index in [2.05, 4.69) is 5.32 Å². The molecule has 3 aromatic rings. The van der Waals surface area contributed by atoms with Gasteiger partial charge in [-0.15, -0.1) is 0 Å². The van der Waals surface area contributed by atoms with Crippen LogP contribution in [0, 0.1) is 6.92 Å². The van der Waals surface area contributed by atoms with Crippen molar-refractivity contribution in [2.24, 2.45) is 0 Å². The summed E-state index contributed by atoms with van der Waals surface area (Å²) in [4.78, 5) is 0.283. The Morgan fingerprint density at radius 2 is 1.72 bits per heavy atom. The van der Waals surface area contributed by atoms with Crippen molar-refractivity contribution in [2.75, 3.05) is 19.8 Å². The van der Waals surface area contributed by atoms with Gasteiger partial charge in [0, 0.05) is 36.5 Å². The summed E-state index contributed by atoms with van der Waals surface area (Å²) in [6.45, 7) is 3.86. The van der Waals surface area contributed by atoms with Crippen LogP contribution in [-0.4, -0.2) is 37.9 Å². The molecule has 1 atom stereocenters. The van der Waals surface area contributed by atoms with Crippen molar-refractivity contribution in [2.45, 2.75) is 36.5 Å². The van der Waals surface area contributed by atoms with Crippen molar-refractivity contribution in [1.82, 2.24) is 9.29 Å². The molecule has 1 spiro atoms. The van der Waals surface area contributed by atoms with E-state index in [1.165, 1.54) is 3.97 Å². The number of para-hydroxylation sites is 1. The van der Waals surface area contributed by atoms with E-state index < -0.39 is 15.8 Å². The molecule has 0 bridgehead atoms. The maximum Gasteiger partial charge on any atom is 0.268 e. The molecule has 0 amide bonds. The van der Waals surface area contributed by atoms with Gasteiger partial charge < -0.3 is 14.8 Å². The molecular weight excluding hydrogens is 388 g/mol. The fraction of sp³-hybridized carbons (Fsp3) is 0.364. The number of hydrogen-bond donors (Lipinski definition) is 1. The Morgan fingerprint density at radius 3 is 2.48 bits per heavy atom. The molecule has 29 heavy (non-hydrogen) atoms. The van der Waals surface area contributed by atoms with Crippen molar-refractivity contribution in [3.8, 4) is 0 Å². The Balaban J connectivity index is 1.68. The van der Waals surface area contributed by atoms with Crippen molar-refractivity contribution < 1.29 is 17.9 Å². The molecule has 6 nitrogen and oxygen atoms in total. The summed E-state index contributed by atoms with van der Waals surface area (Å²) in [6, 6.07) is 16.2. The summed E-state index contributed by atoms with van der Waals surface area (Å²) in [6.07, 6.45) is 1.46. The number of aromatic nitrogens is 1. The second-order valence-electron chi connectivity index (χ2n) is 7.67. The lowest BCUT2D eigenvalue weighted by Gasteiger charge is -2.37. The lowest BCUT2D eigenvalue weighted by Crippen LogP contribution is -2.44. The summed E-state index contributed by atoms with van der Waals surface area (Å²) >= 11 is 0. The van der Waals surface area contributed by atoms with Gasteiger partial charge in [-0.25, -0.2) is 12.4 Å². The summed E-state index contributed by atoms with van der Waals surface area (Å²) in [5, 5.41) is 4.50. The number of fused-ring (bicyclic) bond motifs is 1. The predicted molar refractivity (Wildman–Crippen MR) is 110 cm³/mol. The summed E-state index contributed by atoms with van der Waals surface area (Å²) in [7, 11) is -3.72. The normalized spacial score (nSPS) is 21.8. The molecule has 7 heteroatoms. The fourth-order valence-electron chi connectivity index (χ4n) is 4.70. The zero-order chi connectivity index (χ0) is 20.1. The van der Waals surface area contributed by atoms with Crippen LogP contribution in [-0.2, 0) is 19.5 Å². The minimum Gasteiger partial charge on any atom is -0.347 e. The van der Waals surface area contributed by atoms with Crippen LogP contribution < -0.4 is 5.32 Å². The SMILES string of the molecule is Cc1c(C2CC3(CCN2)OCCO3)c2ccccc2n1S(=O)(=O)c1ccccc1. The first-order chi connectivity index (χ1) is 14.0. The van der Waals surface area contributed by atoms with Gasteiger partial charge in [0.1, 0.15) is 0 Å². The molecule has 2 aliphatic rings. The first-order valence-electron chi connectivity index (χ1n) is 9.94. The minimum absolute atomic E-state index is 0.0426. The van der Waals surface area contributed by atoms with Crippen molar-refractivity contribution in [3.05, 3.63) is 65.9 Å². The van der Waals surface area contributed by atoms with Crippen LogP contribution in [0.25, 0.3) is 10.9 Å². The zero-order valence-corrected chi connectivity index (χ0v) is 17.1. The summed E-state index contributed by atoms with van der Waals surface area (Å²) in [5.41, 5.74) is 2.42. The molecule has 1 N–H and O–H groups in total. The van der Waals surface area contributed by atoms with E-state index >= 15 is 0 Å². The van der Waals surface area contributed by atoms with E-state index in [0.717, 1.165) is 29.6 Å². The molecule has 1 unspecified atom stereocenters. The molecule has 0 aliphatic carbocycles. The molecule has 152 valence electrons.